The van der Waals surface area contributed by atoms with Gasteiger partial charge in [-0.05, 0) is 61.7 Å². The molecule has 0 radical (unpaired) electrons. The molecule has 7 heteroatoms. The normalized spacial score (nSPS) is 15.3. The summed E-state index contributed by atoms with van der Waals surface area (Å²) < 4.78 is 46.6. The maximum Gasteiger partial charge on any atom is 0.268 e. The molecule has 1 aromatic heterocycles. The fraction of sp³-hybridized carbons (Fsp3) is 0.300. The molecule has 3 aromatic rings. The standard InChI is InChI=1S/C20H21FN2O3S/c1-26-20-8-6-17(14-19(20)22-10-3-2-4-11-22)27(24,25)23-12-9-15-13-16(21)5-7-18(15)23/h5-9,12-14H,2-4,10-11H2,1H3. The highest BCUT2D eigenvalue weighted by Crippen LogP contribution is 2.34. The number of benzene rings is 2. The van der Waals surface area contributed by atoms with Crippen molar-refractivity contribution in [3.05, 3.63) is 54.5 Å². The molecule has 1 aliphatic rings. The van der Waals surface area contributed by atoms with E-state index in [4.69, 9.17) is 4.74 Å². The fourth-order valence-corrected chi connectivity index (χ4v) is 5.00. The van der Waals surface area contributed by atoms with Gasteiger partial charge >= 0.3 is 0 Å². The molecule has 0 saturated carbocycles. The largest absolute Gasteiger partial charge is 0.495 e. The Labute approximate surface area is 158 Å². The molecule has 0 atom stereocenters. The summed E-state index contributed by atoms with van der Waals surface area (Å²) in [6, 6.07) is 10.6. The van der Waals surface area contributed by atoms with Crippen molar-refractivity contribution in [2.75, 3.05) is 25.1 Å². The molecular formula is C20H21FN2O3S. The molecule has 5 nitrogen and oxygen atoms in total. The molecule has 1 fully saturated rings. The molecule has 0 N–H and O–H groups in total. The SMILES string of the molecule is COc1ccc(S(=O)(=O)n2ccc3cc(F)ccc32)cc1N1CCCCC1. The van der Waals surface area contributed by atoms with Crippen molar-refractivity contribution in [3.8, 4) is 5.75 Å². The maximum absolute atomic E-state index is 13.4. The van der Waals surface area contributed by atoms with E-state index in [2.05, 4.69) is 4.90 Å². The summed E-state index contributed by atoms with van der Waals surface area (Å²) in [7, 11) is -2.22. The zero-order chi connectivity index (χ0) is 19.0. The first kappa shape index (κ1) is 17.9. The van der Waals surface area contributed by atoms with E-state index >= 15 is 0 Å². The monoisotopic (exact) mass is 388 g/mol. The summed E-state index contributed by atoms with van der Waals surface area (Å²) in [6.45, 7) is 1.76. The van der Waals surface area contributed by atoms with Gasteiger partial charge in [0.1, 0.15) is 11.6 Å². The minimum Gasteiger partial charge on any atom is -0.495 e. The molecule has 0 amide bonds. The van der Waals surface area contributed by atoms with E-state index < -0.39 is 15.8 Å². The molecule has 1 saturated heterocycles. The zero-order valence-electron chi connectivity index (χ0n) is 15.1. The highest BCUT2D eigenvalue weighted by atomic mass is 32.2. The first-order valence-corrected chi connectivity index (χ1v) is 10.4. The third-order valence-electron chi connectivity index (χ3n) is 5.02. The highest BCUT2D eigenvalue weighted by Gasteiger charge is 2.23. The van der Waals surface area contributed by atoms with E-state index in [1.807, 2.05) is 0 Å². The van der Waals surface area contributed by atoms with Gasteiger partial charge in [0.15, 0.2) is 0 Å². The number of fused-ring (bicyclic) bond motifs is 1. The molecule has 2 heterocycles. The number of rotatable bonds is 4. The second kappa shape index (κ2) is 6.88. The number of methoxy groups -OCH3 is 1. The summed E-state index contributed by atoms with van der Waals surface area (Å²) >= 11 is 0. The van der Waals surface area contributed by atoms with Crippen LogP contribution < -0.4 is 9.64 Å². The molecule has 0 aliphatic carbocycles. The number of anilines is 1. The van der Waals surface area contributed by atoms with E-state index in [1.165, 1.54) is 34.8 Å². The third kappa shape index (κ3) is 3.16. The Morgan fingerprint density at radius 1 is 1.00 bits per heavy atom. The highest BCUT2D eigenvalue weighted by molar-refractivity contribution is 7.90. The molecule has 1 aliphatic heterocycles. The lowest BCUT2D eigenvalue weighted by Gasteiger charge is -2.30. The van der Waals surface area contributed by atoms with Crippen LogP contribution in [0.5, 0.6) is 5.75 Å². The lowest BCUT2D eigenvalue weighted by Crippen LogP contribution is -2.30. The average molecular weight is 388 g/mol. The number of halogens is 1. The lowest BCUT2D eigenvalue weighted by molar-refractivity contribution is 0.412. The predicted octanol–water partition coefficient (Wildman–Crippen LogP) is 4.02. The average Bonchev–Trinajstić information content (AvgIpc) is 3.12. The van der Waals surface area contributed by atoms with Gasteiger partial charge < -0.3 is 9.64 Å². The number of piperidine rings is 1. The maximum atomic E-state index is 13.4. The van der Waals surface area contributed by atoms with Crippen molar-refractivity contribution in [3.63, 3.8) is 0 Å². The Hall–Kier alpha value is -2.54. The number of hydrogen-bond acceptors (Lipinski definition) is 4. The van der Waals surface area contributed by atoms with Gasteiger partial charge in [0.05, 0.1) is 23.2 Å². The van der Waals surface area contributed by atoms with Crippen LogP contribution in [0.3, 0.4) is 0 Å². The van der Waals surface area contributed by atoms with Gasteiger partial charge in [0.2, 0.25) is 0 Å². The van der Waals surface area contributed by atoms with Crippen molar-refractivity contribution in [2.24, 2.45) is 0 Å². The molecule has 0 bridgehead atoms. The molecule has 142 valence electrons. The summed E-state index contributed by atoms with van der Waals surface area (Å²) in [5.41, 5.74) is 1.24. The van der Waals surface area contributed by atoms with Crippen LogP contribution in [0, 0.1) is 5.82 Å². The molecule has 4 rings (SSSR count). The van der Waals surface area contributed by atoms with E-state index in [9.17, 15) is 12.8 Å². The Balaban J connectivity index is 1.81. The Morgan fingerprint density at radius 2 is 1.78 bits per heavy atom. The minimum atomic E-state index is -3.81. The Bertz CT molecular complexity index is 1090. The van der Waals surface area contributed by atoms with Crippen molar-refractivity contribution in [1.82, 2.24) is 3.97 Å². The van der Waals surface area contributed by atoms with Crippen molar-refractivity contribution < 1.29 is 17.5 Å². The summed E-state index contributed by atoms with van der Waals surface area (Å²) in [5, 5.41) is 0.545. The molecule has 0 spiro atoms. The smallest absolute Gasteiger partial charge is 0.268 e. The van der Waals surface area contributed by atoms with Gasteiger partial charge in [0, 0.05) is 24.7 Å². The number of aromatic nitrogens is 1. The Morgan fingerprint density at radius 3 is 2.52 bits per heavy atom. The second-order valence-corrected chi connectivity index (χ2v) is 8.52. The van der Waals surface area contributed by atoms with E-state index in [1.54, 1.807) is 31.4 Å². The Kier molecular flexibility index (Phi) is 4.55. The summed E-state index contributed by atoms with van der Waals surface area (Å²) in [5.74, 6) is 0.268. The van der Waals surface area contributed by atoms with E-state index in [0.717, 1.165) is 31.6 Å². The number of hydrogen-bond donors (Lipinski definition) is 0. The predicted molar refractivity (Wildman–Crippen MR) is 104 cm³/mol. The van der Waals surface area contributed by atoms with Crippen LogP contribution in [0.1, 0.15) is 19.3 Å². The number of nitrogens with zero attached hydrogens (tertiary/aromatic N) is 2. The van der Waals surface area contributed by atoms with Gasteiger partial charge in [-0.2, -0.15) is 0 Å². The molecule has 27 heavy (non-hydrogen) atoms. The van der Waals surface area contributed by atoms with Crippen LogP contribution in [-0.4, -0.2) is 32.6 Å². The van der Waals surface area contributed by atoms with Crippen LogP contribution in [0.25, 0.3) is 10.9 Å². The molecule has 0 unspecified atom stereocenters. The topological polar surface area (TPSA) is 51.5 Å². The van der Waals surface area contributed by atoms with Crippen LogP contribution in [0.15, 0.2) is 53.6 Å². The molecule has 2 aromatic carbocycles. The second-order valence-electron chi connectivity index (χ2n) is 6.70. The van der Waals surface area contributed by atoms with Crippen LogP contribution in [-0.2, 0) is 10.0 Å². The van der Waals surface area contributed by atoms with Gasteiger partial charge in [0.25, 0.3) is 10.0 Å². The summed E-state index contributed by atoms with van der Waals surface area (Å²) in [4.78, 5) is 2.36. The first-order chi connectivity index (χ1) is 13.0. The quantitative estimate of drug-likeness (QED) is 0.678. The lowest BCUT2D eigenvalue weighted by atomic mass is 10.1. The summed E-state index contributed by atoms with van der Waals surface area (Å²) in [6.07, 6.45) is 4.80. The minimum absolute atomic E-state index is 0.186. The van der Waals surface area contributed by atoms with Crippen LogP contribution >= 0.6 is 0 Å². The van der Waals surface area contributed by atoms with Gasteiger partial charge in [-0.3, -0.25) is 0 Å². The number of ether oxygens (including phenoxy) is 1. The van der Waals surface area contributed by atoms with Crippen molar-refractivity contribution >= 4 is 26.6 Å². The fourth-order valence-electron chi connectivity index (χ4n) is 3.62. The third-order valence-corrected chi connectivity index (χ3v) is 6.71. The van der Waals surface area contributed by atoms with E-state index in [-0.39, 0.29) is 4.90 Å². The van der Waals surface area contributed by atoms with Crippen LogP contribution in [0.4, 0.5) is 10.1 Å². The van der Waals surface area contributed by atoms with Gasteiger partial charge in [-0.15, -0.1) is 0 Å². The first-order valence-electron chi connectivity index (χ1n) is 8.96. The van der Waals surface area contributed by atoms with Gasteiger partial charge in [-0.1, -0.05) is 0 Å². The van der Waals surface area contributed by atoms with Gasteiger partial charge in [-0.25, -0.2) is 16.8 Å². The van der Waals surface area contributed by atoms with Crippen LogP contribution in [0.2, 0.25) is 0 Å². The van der Waals surface area contributed by atoms with Crippen molar-refractivity contribution in [1.29, 1.82) is 0 Å². The zero-order valence-corrected chi connectivity index (χ0v) is 15.9. The van der Waals surface area contributed by atoms with E-state index in [0.29, 0.717) is 16.7 Å². The molecular weight excluding hydrogens is 367 g/mol. The van der Waals surface area contributed by atoms with Crippen molar-refractivity contribution in [2.45, 2.75) is 24.2 Å².